The van der Waals surface area contributed by atoms with Gasteiger partial charge in [-0.1, -0.05) is 19.1 Å². The van der Waals surface area contributed by atoms with Crippen LogP contribution in [0.4, 0.5) is 0 Å². The summed E-state index contributed by atoms with van der Waals surface area (Å²) in [5.41, 5.74) is 1.31. The molecule has 1 aromatic rings. The number of methoxy groups -OCH3 is 1. The fourth-order valence-corrected chi connectivity index (χ4v) is 1.88. The quantitative estimate of drug-likeness (QED) is 0.742. The van der Waals surface area contributed by atoms with E-state index < -0.39 is 0 Å². The van der Waals surface area contributed by atoms with Crippen LogP contribution in [-0.2, 0) is 0 Å². The molecule has 1 unspecified atom stereocenters. The molecule has 2 heteroatoms. The van der Waals surface area contributed by atoms with Crippen molar-refractivity contribution in [2.45, 2.75) is 39.2 Å². The molecule has 1 rings (SSSR count). The summed E-state index contributed by atoms with van der Waals surface area (Å²) < 4.78 is 5.19. The lowest BCUT2D eigenvalue weighted by atomic mass is 10.0. The number of hydrogen-bond acceptors (Lipinski definition) is 2. The predicted octanol–water partition coefficient (Wildman–Crippen LogP) is 3.54. The van der Waals surface area contributed by atoms with E-state index in [2.05, 4.69) is 36.2 Å². The number of benzene rings is 1. The molecule has 0 saturated carbocycles. The molecule has 0 radical (unpaired) electrons. The van der Waals surface area contributed by atoms with Gasteiger partial charge in [0, 0.05) is 12.5 Å². The van der Waals surface area contributed by atoms with Gasteiger partial charge in [-0.05, 0) is 44.0 Å². The van der Waals surface area contributed by atoms with E-state index in [9.17, 15) is 0 Å². The van der Waals surface area contributed by atoms with E-state index in [1.54, 1.807) is 7.11 Å². The Kier molecular flexibility index (Phi) is 6.98. The molecule has 0 aliphatic heterocycles. The molecule has 0 spiro atoms. The molecule has 1 N–H and O–H groups in total. The number of hydrogen-bond donors (Lipinski definition) is 1. The number of nitrogens with one attached hydrogen (secondary N) is 1. The Bertz CT molecular complexity index is 386. The van der Waals surface area contributed by atoms with Gasteiger partial charge >= 0.3 is 0 Å². The van der Waals surface area contributed by atoms with Crippen LogP contribution in [0.3, 0.4) is 0 Å². The van der Waals surface area contributed by atoms with Crippen molar-refractivity contribution in [1.29, 1.82) is 0 Å². The number of ether oxygens (including phenoxy) is 1. The first-order valence-electron chi connectivity index (χ1n) is 6.58. The largest absolute Gasteiger partial charge is 0.497 e. The monoisotopic (exact) mass is 245 g/mol. The summed E-state index contributed by atoms with van der Waals surface area (Å²) in [5, 5.41) is 3.57. The van der Waals surface area contributed by atoms with Gasteiger partial charge in [0.25, 0.3) is 0 Å². The molecule has 2 nitrogen and oxygen atoms in total. The average molecular weight is 245 g/mol. The van der Waals surface area contributed by atoms with E-state index in [0.717, 1.165) is 31.6 Å². The third-order valence-electron chi connectivity index (χ3n) is 2.89. The summed E-state index contributed by atoms with van der Waals surface area (Å²) in [6.07, 6.45) is 3.13. The second kappa shape index (κ2) is 8.60. The lowest BCUT2D eigenvalue weighted by Crippen LogP contribution is -2.22. The van der Waals surface area contributed by atoms with Crippen LogP contribution < -0.4 is 10.1 Å². The molecule has 0 fully saturated rings. The Morgan fingerprint density at radius 1 is 1.28 bits per heavy atom. The van der Waals surface area contributed by atoms with Crippen molar-refractivity contribution in [3.05, 3.63) is 29.8 Å². The van der Waals surface area contributed by atoms with E-state index in [-0.39, 0.29) is 0 Å². The Balaban J connectivity index is 2.68. The second-order valence-electron chi connectivity index (χ2n) is 4.25. The van der Waals surface area contributed by atoms with Crippen LogP contribution >= 0.6 is 0 Å². The highest BCUT2D eigenvalue weighted by molar-refractivity contribution is 5.29. The van der Waals surface area contributed by atoms with Gasteiger partial charge in [0.05, 0.1) is 7.11 Å². The van der Waals surface area contributed by atoms with Gasteiger partial charge in [-0.3, -0.25) is 0 Å². The standard InChI is InChI=1S/C16H23NO/c1-4-6-7-8-16(17-13-5-2)14-9-11-15(18-3)12-10-14/h9-12,16-17H,5,7-8,13H2,1-3H3. The normalized spacial score (nSPS) is 11.5. The molecular weight excluding hydrogens is 222 g/mol. The minimum atomic E-state index is 0.386. The Morgan fingerprint density at radius 2 is 2.00 bits per heavy atom. The van der Waals surface area contributed by atoms with Crippen LogP contribution in [-0.4, -0.2) is 13.7 Å². The van der Waals surface area contributed by atoms with Gasteiger partial charge < -0.3 is 10.1 Å². The zero-order valence-corrected chi connectivity index (χ0v) is 11.6. The van der Waals surface area contributed by atoms with E-state index in [4.69, 9.17) is 4.74 Å². The maximum absolute atomic E-state index is 5.19. The molecule has 0 heterocycles. The van der Waals surface area contributed by atoms with Gasteiger partial charge in [0.1, 0.15) is 5.75 Å². The fourth-order valence-electron chi connectivity index (χ4n) is 1.88. The zero-order chi connectivity index (χ0) is 13.2. The zero-order valence-electron chi connectivity index (χ0n) is 11.6. The minimum Gasteiger partial charge on any atom is -0.497 e. The van der Waals surface area contributed by atoms with Gasteiger partial charge in [0.2, 0.25) is 0 Å². The van der Waals surface area contributed by atoms with E-state index in [1.807, 2.05) is 19.1 Å². The van der Waals surface area contributed by atoms with Crippen molar-refractivity contribution in [1.82, 2.24) is 5.32 Å². The van der Waals surface area contributed by atoms with Crippen LogP contribution in [0, 0.1) is 11.8 Å². The molecular formula is C16H23NO. The van der Waals surface area contributed by atoms with Gasteiger partial charge in [-0.25, -0.2) is 0 Å². The van der Waals surface area contributed by atoms with Gasteiger partial charge in [-0.15, -0.1) is 11.8 Å². The molecule has 0 aromatic heterocycles. The fraction of sp³-hybridized carbons (Fsp3) is 0.500. The molecule has 0 saturated heterocycles. The maximum atomic E-state index is 5.19. The third-order valence-corrected chi connectivity index (χ3v) is 2.89. The van der Waals surface area contributed by atoms with Crippen LogP contribution in [0.25, 0.3) is 0 Å². The van der Waals surface area contributed by atoms with Crippen molar-refractivity contribution in [2.24, 2.45) is 0 Å². The molecule has 0 aliphatic carbocycles. The molecule has 1 aromatic carbocycles. The molecule has 0 bridgehead atoms. The van der Waals surface area contributed by atoms with Crippen LogP contribution in [0.2, 0.25) is 0 Å². The Labute approximate surface area is 111 Å². The van der Waals surface area contributed by atoms with Crippen molar-refractivity contribution in [3.8, 4) is 17.6 Å². The van der Waals surface area contributed by atoms with Crippen molar-refractivity contribution in [2.75, 3.05) is 13.7 Å². The molecule has 0 amide bonds. The smallest absolute Gasteiger partial charge is 0.118 e. The van der Waals surface area contributed by atoms with Crippen molar-refractivity contribution >= 4 is 0 Å². The van der Waals surface area contributed by atoms with E-state index >= 15 is 0 Å². The summed E-state index contributed by atoms with van der Waals surface area (Å²) >= 11 is 0. The van der Waals surface area contributed by atoms with Crippen molar-refractivity contribution in [3.63, 3.8) is 0 Å². The predicted molar refractivity (Wildman–Crippen MR) is 76.7 cm³/mol. The highest BCUT2D eigenvalue weighted by Crippen LogP contribution is 2.21. The summed E-state index contributed by atoms with van der Waals surface area (Å²) in [4.78, 5) is 0. The first-order chi connectivity index (χ1) is 8.81. The van der Waals surface area contributed by atoms with E-state index in [1.165, 1.54) is 5.56 Å². The van der Waals surface area contributed by atoms with Crippen LogP contribution in [0.5, 0.6) is 5.75 Å². The molecule has 0 aliphatic rings. The third kappa shape index (κ3) is 4.81. The minimum absolute atomic E-state index is 0.386. The number of rotatable bonds is 7. The Morgan fingerprint density at radius 3 is 2.56 bits per heavy atom. The van der Waals surface area contributed by atoms with E-state index in [0.29, 0.717) is 6.04 Å². The second-order valence-corrected chi connectivity index (χ2v) is 4.25. The van der Waals surface area contributed by atoms with Crippen LogP contribution in [0.15, 0.2) is 24.3 Å². The summed E-state index contributed by atoms with van der Waals surface area (Å²) in [6, 6.07) is 8.68. The highest BCUT2D eigenvalue weighted by atomic mass is 16.5. The van der Waals surface area contributed by atoms with Crippen molar-refractivity contribution < 1.29 is 4.74 Å². The van der Waals surface area contributed by atoms with Crippen LogP contribution in [0.1, 0.15) is 44.7 Å². The first-order valence-corrected chi connectivity index (χ1v) is 6.58. The van der Waals surface area contributed by atoms with Gasteiger partial charge in [-0.2, -0.15) is 0 Å². The summed E-state index contributed by atoms with van der Waals surface area (Å²) in [6.45, 7) is 5.11. The maximum Gasteiger partial charge on any atom is 0.118 e. The summed E-state index contributed by atoms with van der Waals surface area (Å²) in [7, 11) is 1.69. The highest BCUT2D eigenvalue weighted by Gasteiger charge is 2.09. The molecule has 18 heavy (non-hydrogen) atoms. The first kappa shape index (κ1) is 14.6. The molecule has 1 atom stereocenters. The Hall–Kier alpha value is -1.46. The topological polar surface area (TPSA) is 21.3 Å². The SMILES string of the molecule is CC#CCCC(NCCC)c1ccc(OC)cc1. The summed E-state index contributed by atoms with van der Waals surface area (Å²) in [5.74, 6) is 6.99. The van der Waals surface area contributed by atoms with Gasteiger partial charge in [0.15, 0.2) is 0 Å². The average Bonchev–Trinajstić information content (AvgIpc) is 2.43. The lowest BCUT2D eigenvalue weighted by Gasteiger charge is -2.18. The lowest BCUT2D eigenvalue weighted by molar-refractivity contribution is 0.414. The molecule has 98 valence electrons.